The van der Waals surface area contributed by atoms with Crippen molar-refractivity contribution < 1.29 is 4.42 Å². The lowest BCUT2D eigenvalue weighted by Gasteiger charge is -2.07. The standard InChI is InChI=1S/C24H14ClNO/c25-14-12-19(23-18-7-2-4-11-21(18)27-22(23)13-14)17-9-5-8-16-15-6-1-3-10-20(15)26-24(16)17/h1-13,26H. The van der Waals surface area contributed by atoms with E-state index in [-0.39, 0.29) is 0 Å². The number of para-hydroxylation sites is 3. The van der Waals surface area contributed by atoms with E-state index >= 15 is 0 Å². The SMILES string of the molecule is Clc1cc(-c2cccc3c2[nH]c2ccccc23)c2c(c1)oc1ccccc12. The van der Waals surface area contributed by atoms with E-state index < -0.39 is 0 Å². The second-order valence-electron chi connectivity index (χ2n) is 6.82. The molecule has 0 spiro atoms. The molecule has 2 nitrogen and oxygen atoms in total. The molecule has 3 heteroatoms. The summed E-state index contributed by atoms with van der Waals surface area (Å²) in [4.78, 5) is 3.60. The van der Waals surface area contributed by atoms with E-state index in [0.29, 0.717) is 5.02 Å². The number of hydrogen-bond acceptors (Lipinski definition) is 1. The Labute approximate surface area is 160 Å². The molecule has 1 N–H and O–H groups in total. The van der Waals surface area contributed by atoms with Gasteiger partial charge in [0.25, 0.3) is 0 Å². The van der Waals surface area contributed by atoms with E-state index in [1.54, 1.807) is 0 Å². The third-order valence-electron chi connectivity index (χ3n) is 5.27. The molecule has 2 heterocycles. The summed E-state index contributed by atoms with van der Waals surface area (Å²) in [6, 6.07) is 26.9. The maximum absolute atomic E-state index is 6.46. The summed E-state index contributed by atoms with van der Waals surface area (Å²) in [7, 11) is 0. The molecule has 2 aromatic heterocycles. The summed E-state index contributed by atoms with van der Waals surface area (Å²) in [5.74, 6) is 0. The summed E-state index contributed by atoms with van der Waals surface area (Å²) >= 11 is 6.46. The zero-order chi connectivity index (χ0) is 18.0. The Morgan fingerprint density at radius 1 is 0.667 bits per heavy atom. The van der Waals surface area contributed by atoms with Gasteiger partial charge < -0.3 is 9.40 Å². The van der Waals surface area contributed by atoms with Crippen LogP contribution in [0.25, 0.3) is 54.9 Å². The van der Waals surface area contributed by atoms with Gasteiger partial charge in [-0.05, 0) is 23.8 Å². The molecule has 6 rings (SSSR count). The van der Waals surface area contributed by atoms with Crippen LogP contribution in [0.4, 0.5) is 0 Å². The molecule has 0 unspecified atom stereocenters. The quantitative estimate of drug-likeness (QED) is 0.319. The van der Waals surface area contributed by atoms with Crippen LogP contribution in [0.3, 0.4) is 0 Å². The summed E-state index contributed by atoms with van der Waals surface area (Å²) in [5.41, 5.74) is 6.15. The number of halogens is 1. The van der Waals surface area contributed by atoms with Gasteiger partial charge in [0.05, 0.1) is 5.52 Å². The van der Waals surface area contributed by atoms with Crippen molar-refractivity contribution in [3.05, 3.63) is 83.9 Å². The second kappa shape index (κ2) is 5.38. The molecule has 0 atom stereocenters. The Balaban J connectivity index is 1.80. The molecular weight excluding hydrogens is 354 g/mol. The number of furan rings is 1. The van der Waals surface area contributed by atoms with E-state index in [1.165, 1.54) is 10.8 Å². The van der Waals surface area contributed by atoms with Crippen molar-refractivity contribution >= 4 is 55.3 Å². The van der Waals surface area contributed by atoms with Crippen LogP contribution in [0.2, 0.25) is 5.02 Å². The summed E-state index contributed by atoms with van der Waals surface area (Å²) in [6.45, 7) is 0. The number of nitrogens with one attached hydrogen (secondary N) is 1. The molecule has 0 amide bonds. The van der Waals surface area contributed by atoms with Gasteiger partial charge in [0, 0.05) is 43.7 Å². The van der Waals surface area contributed by atoms with E-state index in [0.717, 1.165) is 44.1 Å². The average Bonchev–Trinajstić information content (AvgIpc) is 3.25. The molecule has 0 saturated heterocycles. The third-order valence-corrected chi connectivity index (χ3v) is 5.49. The maximum Gasteiger partial charge on any atom is 0.137 e. The molecule has 0 aliphatic carbocycles. The minimum absolute atomic E-state index is 0.671. The first-order chi connectivity index (χ1) is 13.3. The first-order valence-electron chi connectivity index (χ1n) is 8.90. The molecule has 0 aliphatic heterocycles. The first kappa shape index (κ1) is 14.9. The fraction of sp³-hybridized carbons (Fsp3) is 0. The fourth-order valence-corrected chi connectivity index (χ4v) is 4.34. The topological polar surface area (TPSA) is 28.9 Å². The van der Waals surface area contributed by atoms with Crippen molar-refractivity contribution in [3.63, 3.8) is 0 Å². The van der Waals surface area contributed by atoms with Gasteiger partial charge >= 0.3 is 0 Å². The highest BCUT2D eigenvalue weighted by Gasteiger charge is 2.16. The summed E-state index contributed by atoms with van der Waals surface area (Å²) in [6.07, 6.45) is 0. The van der Waals surface area contributed by atoms with E-state index in [2.05, 4.69) is 53.5 Å². The van der Waals surface area contributed by atoms with Gasteiger partial charge in [0.15, 0.2) is 0 Å². The third kappa shape index (κ3) is 2.08. The van der Waals surface area contributed by atoms with Crippen LogP contribution in [0, 0.1) is 0 Å². The molecule has 128 valence electrons. The van der Waals surface area contributed by atoms with Gasteiger partial charge in [0.1, 0.15) is 11.2 Å². The molecule has 0 radical (unpaired) electrons. The smallest absolute Gasteiger partial charge is 0.137 e. The van der Waals surface area contributed by atoms with E-state index in [9.17, 15) is 0 Å². The lowest BCUT2D eigenvalue weighted by molar-refractivity contribution is 0.669. The van der Waals surface area contributed by atoms with Crippen molar-refractivity contribution in [1.29, 1.82) is 0 Å². The Hall–Kier alpha value is -3.23. The van der Waals surface area contributed by atoms with Crippen molar-refractivity contribution in [2.24, 2.45) is 0 Å². The number of H-pyrrole nitrogens is 1. The molecule has 0 saturated carbocycles. The Bertz CT molecular complexity index is 1490. The predicted octanol–water partition coefficient (Wildman–Crippen LogP) is 7.54. The van der Waals surface area contributed by atoms with Crippen LogP contribution in [0.1, 0.15) is 0 Å². The van der Waals surface area contributed by atoms with Crippen LogP contribution in [0.5, 0.6) is 0 Å². The van der Waals surface area contributed by atoms with Crippen LogP contribution in [-0.4, -0.2) is 4.98 Å². The van der Waals surface area contributed by atoms with Crippen LogP contribution >= 0.6 is 11.6 Å². The van der Waals surface area contributed by atoms with Crippen molar-refractivity contribution in [3.8, 4) is 11.1 Å². The molecule has 4 aromatic carbocycles. The van der Waals surface area contributed by atoms with Gasteiger partial charge in [-0.2, -0.15) is 0 Å². The van der Waals surface area contributed by atoms with E-state index in [1.807, 2.05) is 30.3 Å². The monoisotopic (exact) mass is 367 g/mol. The second-order valence-corrected chi connectivity index (χ2v) is 7.26. The Kier molecular flexibility index (Phi) is 2.97. The Morgan fingerprint density at radius 2 is 1.44 bits per heavy atom. The fourth-order valence-electron chi connectivity index (χ4n) is 4.13. The van der Waals surface area contributed by atoms with Crippen molar-refractivity contribution in [2.75, 3.05) is 0 Å². The normalized spacial score (nSPS) is 11.9. The largest absolute Gasteiger partial charge is 0.456 e. The summed E-state index contributed by atoms with van der Waals surface area (Å²) in [5, 5.41) is 5.31. The molecular formula is C24H14ClNO. The minimum atomic E-state index is 0.671. The maximum atomic E-state index is 6.46. The number of rotatable bonds is 1. The summed E-state index contributed by atoms with van der Waals surface area (Å²) < 4.78 is 6.07. The zero-order valence-electron chi connectivity index (χ0n) is 14.3. The number of fused-ring (bicyclic) bond motifs is 6. The molecule has 6 aromatic rings. The van der Waals surface area contributed by atoms with Gasteiger partial charge in [0.2, 0.25) is 0 Å². The van der Waals surface area contributed by atoms with Crippen LogP contribution < -0.4 is 0 Å². The van der Waals surface area contributed by atoms with Gasteiger partial charge in [-0.3, -0.25) is 0 Å². The van der Waals surface area contributed by atoms with Crippen molar-refractivity contribution in [2.45, 2.75) is 0 Å². The molecule has 0 aliphatic rings. The lowest BCUT2D eigenvalue weighted by atomic mass is 9.97. The zero-order valence-corrected chi connectivity index (χ0v) is 15.0. The number of aromatic amines is 1. The van der Waals surface area contributed by atoms with Gasteiger partial charge in [-0.25, -0.2) is 0 Å². The number of benzene rings is 4. The van der Waals surface area contributed by atoms with Crippen molar-refractivity contribution in [1.82, 2.24) is 4.98 Å². The average molecular weight is 368 g/mol. The number of aromatic nitrogens is 1. The van der Waals surface area contributed by atoms with Crippen LogP contribution in [-0.2, 0) is 0 Å². The first-order valence-corrected chi connectivity index (χ1v) is 9.28. The highest BCUT2D eigenvalue weighted by atomic mass is 35.5. The highest BCUT2D eigenvalue weighted by molar-refractivity contribution is 6.32. The molecule has 0 fully saturated rings. The highest BCUT2D eigenvalue weighted by Crippen LogP contribution is 2.41. The molecule has 27 heavy (non-hydrogen) atoms. The predicted molar refractivity (Wildman–Crippen MR) is 114 cm³/mol. The van der Waals surface area contributed by atoms with E-state index in [4.69, 9.17) is 16.0 Å². The minimum Gasteiger partial charge on any atom is -0.456 e. The van der Waals surface area contributed by atoms with Gasteiger partial charge in [-0.15, -0.1) is 0 Å². The van der Waals surface area contributed by atoms with Crippen LogP contribution in [0.15, 0.2) is 83.3 Å². The Morgan fingerprint density at radius 3 is 2.37 bits per heavy atom. The van der Waals surface area contributed by atoms with Gasteiger partial charge in [-0.1, -0.05) is 66.2 Å². The lowest BCUT2D eigenvalue weighted by Crippen LogP contribution is -1.83. The number of hydrogen-bond donors (Lipinski definition) is 1. The molecule has 0 bridgehead atoms.